The minimum Gasteiger partial charge on any atom is -0.386 e. The molecule has 7 nitrogen and oxygen atoms in total. The van der Waals surface area contributed by atoms with Gasteiger partial charge in [0.05, 0.1) is 28.8 Å². The predicted molar refractivity (Wildman–Crippen MR) is 142 cm³/mol. The Morgan fingerprint density at radius 3 is 2.18 bits per heavy atom. The Labute approximate surface area is 247 Å². The third-order valence-corrected chi connectivity index (χ3v) is 9.85. The summed E-state index contributed by atoms with van der Waals surface area (Å²) in [6.45, 7) is 0. The molecule has 3 N–H and O–H groups in total. The number of rotatable bonds is 6. The number of fused-ring (bicyclic) bond motifs is 2. The number of carbonyl (C=O) groups is 1. The molecule has 2 aliphatic rings. The van der Waals surface area contributed by atoms with Gasteiger partial charge in [0.2, 0.25) is 5.91 Å². The monoisotopic (exact) mass is 646 g/mol. The number of hydrogen-bond acceptors (Lipinski definition) is 5. The van der Waals surface area contributed by atoms with E-state index in [-0.39, 0.29) is 24.1 Å². The van der Waals surface area contributed by atoms with Crippen molar-refractivity contribution in [3.8, 4) is 0 Å². The number of aliphatic hydroxyl groups is 2. The van der Waals surface area contributed by atoms with Crippen molar-refractivity contribution in [1.82, 2.24) is 5.32 Å². The smallest absolute Gasteiger partial charge is 0.386 e. The summed E-state index contributed by atoms with van der Waals surface area (Å²) < 4.78 is 123. The number of aliphatic hydroxyl groups excluding tert-OH is 1. The quantitative estimate of drug-likeness (QED) is 0.334. The standard InChI is InChI=1S/C29H25F7N2O5S/c30-19-7-10-21(11-8-19)44(42,43)38-20(15-25(39)37-23-14-16-3-1-2-4-22(16)26(23)40)9-5-17-13-18(6-12-24(17)38)27(41,28(31,32)33)29(34,35)36/h1-4,6-8,10-13,20,23,26,40-41H,5,9,14-15H2,(H,37,39)/t20-,23-,26+/m0/s1. The minimum absolute atomic E-state index is 0.200. The maximum atomic E-state index is 13.8. The number of nitrogens with one attached hydrogen (secondary N) is 1. The molecule has 3 atom stereocenters. The zero-order valence-corrected chi connectivity index (χ0v) is 23.3. The second-order valence-corrected chi connectivity index (χ2v) is 12.5. The Hall–Kier alpha value is -3.69. The molecule has 0 saturated carbocycles. The van der Waals surface area contributed by atoms with E-state index in [2.05, 4.69) is 5.32 Å². The van der Waals surface area contributed by atoms with Crippen molar-refractivity contribution in [2.24, 2.45) is 0 Å². The molecule has 1 amide bonds. The van der Waals surface area contributed by atoms with E-state index in [0.29, 0.717) is 24.1 Å². The fourth-order valence-electron chi connectivity index (χ4n) is 5.76. The van der Waals surface area contributed by atoms with Crippen LogP contribution in [0.15, 0.2) is 71.6 Å². The van der Waals surface area contributed by atoms with Crippen LogP contribution in [0.25, 0.3) is 0 Å². The lowest BCUT2D eigenvalue weighted by molar-refractivity contribution is -0.376. The van der Waals surface area contributed by atoms with Crippen LogP contribution >= 0.6 is 0 Å². The maximum Gasteiger partial charge on any atom is 0.430 e. The van der Waals surface area contributed by atoms with E-state index in [0.717, 1.165) is 40.2 Å². The number of sulfonamides is 1. The Balaban J connectivity index is 1.51. The molecule has 3 aromatic rings. The molecule has 0 spiro atoms. The maximum absolute atomic E-state index is 13.8. The van der Waals surface area contributed by atoms with Gasteiger partial charge in [0, 0.05) is 12.0 Å². The van der Waals surface area contributed by atoms with Crippen molar-refractivity contribution in [2.45, 2.75) is 66.7 Å². The average Bonchev–Trinajstić information content (AvgIpc) is 3.25. The Kier molecular flexibility index (Phi) is 7.96. The number of nitrogens with zero attached hydrogens (tertiary/aromatic N) is 1. The van der Waals surface area contributed by atoms with Gasteiger partial charge in [0.25, 0.3) is 15.6 Å². The van der Waals surface area contributed by atoms with Crippen LogP contribution in [-0.4, -0.2) is 49.0 Å². The molecule has 0 saturated heterocycles. The van der Waals surface area contributed by atoms with Gasteiger partial charge in [0.1, 0.15) is 5.82 Å². The first-order chi connectivity index (χ1) is 20.4. The van der Waals surface area contributed by atoms with Crippen molar-refractivity contribution in [1.29, 1.82) is 0 Å². The van der Waals surface area contributed by atoms with E-state index in [9.17, 15) is 54.2 Å². The molecule has 1 heterocycles. The van der Waals surface area contributed by atoms with Gasteiger partial charge >= 0.3 is 12.4 Å². The second kappa shape index (κ2) is 11.0. The molecular formula is C29H25F7N2O5S. The molecule has 15 heteroatoms. The normalized spacial score (nSPS) is 20.7. The van der Waals surface area contributed by atoms with Gasteiger partial charge < -0.3 is 15.5 Å². The van der Waals surface area contributed by atoms with E-state index >= 15 is 0 Å². The van der Waals surface area contributed by atoms with Crippen molar-refractivity contribution in [2.75, 3.05) is 4.31 Å². The SMILES string of the molecule is O=C(C[C@@H]1CCc2cc(C(O)(C(F)(F)F)C(F)(F)F)ccc2N1S(=O)(=O)c1ccc(F)cc1)N[C@H]1Cc2ccccc2[C@H]1O. The van der Waals surface area contributed by atoms with Crippen molar-refractivity contribution in [3.05, 3.63) is 94.8 Å². The van der Waals surface area contributed by atoms with Crippen LogP contribution < -0.4 is 9.62 Å². The van der Waals surface area contributed by atoms with E-state index in [1.165, 1.54) is 0 Å². The molecule has 0 aromatic heterocycles. The number of benzene rings is 3. The minimum atomic E-state index is -6.15. The van der Waals surface area contributed by atoms with Crippen LogP contribution in [0.4, 0.5) is 36.4 Å². The molecule has 236 valence electrons. The van der Waals surface area contributed by atoms with Gasteiger partial charge in [-0.05, 0) is 66.3 Å². The van der Waals surface area contributed by atoms with Crippen molar-refractivity contribution < 1.29 is 54.2 Å². The zero-order valence-electron chi connectivity index (χ0n) is 22.5. The van der Waals surface area contributed by atoms with Crippen LogP contribution in [0.3, 0.4) is 0 Å². The first kappa shape index (κ1) is 31.7. The van der Waals surface area contributed by atoms with E-state index in [1.807, 2.05) is 0 Å². The zero-order chi connectivity index (χ0) is 32.2. The molecular weight excluding hydrogens is 621 g/mol. The molecule has 1 aliphatic heterocycles. The van der Waals surface area contributed by atoms with Gasteiger partial charge in [-0.2, -0.15) is 26.3 Å². The number of amides is 1. The highest BCUT2D eigenvalue weighted by Crippen LogP contribution is 2.51. The molecule has 0 fully saturated rings. The lowest BCUT2D eigenvalue weighted by Crippen LogP contribution is -2.54. The number of carbonyl (C=O) groups excluding carboxylic acids is 1. The van der Waals surface area contributed by atoms with Crippen LogP contribution in [0.5, 0.6) is 0 Å². The molecule has 5 rings (SSSR count). The van der Waals surface area contributed by atoms with Gasteiger partial charge in [-0.15, -0.1) is 0 Å². The van der Waals surface area contributed by atoms with E-state index in [4.69, 9.17) is 0 Å². The summed E-state index contributed by atoms with van der Waals surface area (Å²) in [5.74, 6) is -1.42. The van der Waals surface area contributed by atoms with Gasteiger partial charge in [-0.25, -0.2) is 12.8 Å². The summed E-state index contributed by atoms with van der Waals surface area (Å²) in [7, 11) is -4.64. The van der Waals surface area contributed by atoms with Crippen LogP contribution in [0.2, 0.25) is 0 Å². The summed E-state index contributed by atoms with van der Waals surface area (Å²) in [5, 5.41) is 23.2. The summed E-state index contributed by atoms with van der Waals surface area (Å²) in [5.41, 5.74) is -5.90. The van der Waals surface area contributed by atoms with E-state index < -0.39 is 74.8 Å². The fourth-order valence-corrected chi connectivity index (χ4v) is 7.48. The van der Waals surface area contributed by atoms with Crippen molar-refractivity contribution >= 4 is 21.6 Å². The Morgan fingerprint density at radius 1 is 0.932 bits per heavy atom. The first-order valence-electron chi connectivity index (χ1n) is 13.3. The second-order valence-electron chi connectivity index (χ2n) is 10.7. The topological polar surface area (TPSA) is 107 Å². The number of halogens is 7. The highest BCUT2D eigenvalue weighted by Gasteiger charge is 2.71. The summed E-state index contributed by atoms with van der Waals surface area (Å²) in [6, 6.07) is 10.2. The van der Waals surface area contributed by atoms with Crippen LogP contribution in [0.1, 0.15) is 41.2 Å². The highest BCUT2D eigenvalue weighted by atomic mass is 32.2. The number of anilines is 1. The molecule has 3 aromatic carbocycles. The van der Waals surface area contributed by atoms with Gasteiger partial charge in [0.15, 0.2) is 0 Å². The third-order valence-electron chi connectivity index (χ3n) is 7.97. The first-order valence-corrected chi connectivity index (χ1v) is 14.7. The van der Waals surface area contributed by atoms with Crippen LogP contribution in [-0.2, 0) is 33.3 Å². The van der Waals surface area contributed by atoms with Crippen LogP contribution in [0, 0.1) is 5.82 Å². The lowest BCUT2D eigenvalue weighted by Gasteiger charge is -2.39. The largest absolute Gasteiger partial charge is 0.430 e. The molecule has 0 unspecified atom stereocenters. The molecule has 1 aliphatic carbocycles. The molecule has 0 bridgehead atoms. The third kappa shape index (κ3) is 5.41. The average molecular weight is 647 g/mol. The van der Waals surface area contributed by atoms with E-state index in [1.54, 1.807) is 24.3 Å². The fraction of sp³-hybridized carbons (Fsp3) is 0.345. The Bertz CT molecular complexity index is 1660. The highest BCUT2D eigenvalue weighted by molar-refractivity contribution is 7.92. The number of hydrogen-bond donors (Lipinski definition) is 3. The summed E-state index contributed by atoms with van der Waals surface area (Å²) in [6.07, 6.45) is -13.9. The summed E-state index contributed by atoms with van der Waals surface area (Å²) >= 11 is 0. The molecule has 44 heavy (non-hydrogen) atoms. The Morgan fingerprint density at radius 2 is 1.57 bits per heavy atom. The molecule has 0 radical (unpaired) electrons. The van der Waals surface area contributed by atoms with Gasteiger partial charge in [-0.1, -0.05) is 36.4 Å². The van der Waals surface area contributed by atoms with Crippen molar-refractivity contribution in [3.63, 3.8) is 0 Å². The van der Waals surface area contributed by atoms with Gasteiger partial charge in [-0.3, -0.25) is 9.10 Å². The number of aryl methyl sites for hydroxylation is 1. The predicted octanol–water partition coefficient (Wildman–Crippen LogP) is 4.81. The lowest BCUT2D eigenvalue weighted by atomic mass is 9.87. The number of alkyl halides is 6. The summed E-state index contributed by atoms with van der Waals surface area (Å²) in [4.78, 5) is 12.7.